The first-order valence-electron chi connectivity index (χ1n) is 3.69. The van der Waals surface area contributed by atoms with Gasteiger partial charge < -0.3 is 5.32 Å². The first-order valence-corrected chi connectivity index (χ1v) is 3.69. The summed E-state index contributed by atoms with van der Waals surface area (Å²) >= 11 is 0. The minimum Gasteiger partial charge on any atom is -0.351 e. The molecule has 0 fully saturated rings. The van der Waals surface area contributed by atoms with Crippen molar-refractivity contribution in [3.05, 3.63) is 12.8 Å². The number of nitrogens with one attached hydrogen (secondary N) is 1. The van der Waals surface area contributed by atoms with Crippen LogP contribution in [0.1, 0.15) is 27.7 Å². The van der Waals surface area contributed by atoms with Gasteiger partial charge in [0.2, 0.25) is 0 Å². The highest BCUT2D eigenvalue weighted by Gasteiger charge is 1.77. The molecule has 2 nitrogen and oxygen atoms in total. The molecule has 10 heavy (non-hydrogen) atoms. The average molecular weight is 142 g/mol. The molecule has 0 atom stereocenters. The van der Waals surface area contributed by atoms with Crippen LogP contribution in [0.25, 0.3) is 0 Å². The number of rotatable bonds is 2. The molecule has 0 aliphatic heterocycles. The van der Waals surface area contributed by atoms with Crippen molar-refractivity contribution < 1.29 is 0 Å². The SMILES string of the molecule is C=CNC(C)=NCC.CC. The Morgan fingerprint density at radius 2 is 2.10 bits per heavy atom. The topological polar surface area (TPSA) is 24.4 Å². The highest BCUT2D eigenvalue weighted by Crippen LogP contribution is 1.70. The third-order valence-electron chi connectivity index (χ3n) is 0.706. The minimum absolute atomic E-state index is 0.826. The molecule has 0 saturated carbocycles. The first-order chi connectivity index (χ1) is 4.81. The van der Waals surface area contributed by atoms with Crippen LogP contribution in [0, 0.1) is 0 Å². The summed E-state index contributed by atoms with van der Waals surface area (Å²) in [5.41, 5.74) is 0. The zero-order chi connectivity index (χ0) is 8.41. The van der Waals surface area contributed by atoms with Crippen LogP contribution in [0.4, 0.5) is 0 Å². The van der Waals surface area contributed by atoms with Crippen LogP contribution in [0.5, 0.6) is 0 Å². The van der Waals surface area contributed by atoms with Gasteiger partial charge in [0.25, 0.3) is 0 Å². The molecule has 0 rings (SSSR count). The highest BCUT2D eigenvalue weighted by atomic mass is 15.0. The lowest BCUT2D eigenvalue weighted by atomic mass is 10.6. The summed E-state index contributed by atoms with van der Waals surface area (Å²) in [6.07, 6.45) is 1.62. The van der Waals surface area contributed by atoms with Crippen molar-refractivity contribution in [1.29, 1.82) is 0 Å². The molecule has 0 aromatic carbocycles. The second-order valence-electron chi connectivity index (χ2n) is 1.41. The summed E-state index contributed by atoms with van der Waals surface area (Å²) < 4.78 is 0. The second-order valence-corrected chi connectivity index (χ2v) is 1.41. The lowest BCUT2D eigenvalue weighted by Gasteiger charge is -1.94. The van der Waals surface area contributed by atoms with Crippen molar-refractivity contribution in [3.8, 4) is 0 Å². The number of nitrogens with zero attached hydrogens (tertiary/aromatic N) is 1. The normalized spacial score (nSPS) is 9.40. The fourth-order valence-electron chi connectivity index (χ4n) is 0.431. The van der Waals surface area contributed by atoms with Gasteiger partial charge in [-0.25, -0.2) is 0 Å². The van der Waals surface area contributed by atoms with E-state index in [1.54, 1.807) is 6.20 Å². The Balaban J connectivity index is 0. The van der Waals surface area contributed by atoms with Crippen LogP contribution >= 0.6 is 0 Å². The van der Waals surface area contributed by atoms with Gasteiger partial charge >= 0.3 is 0 Å². The molecule has 0 aliphatic carbocycles. The Morgan fingerprint density at radius 3 is 2.40 bits per heavy atom. The van der Waals surface area contributed by atoms with Crippen LogP contribution in [0.3, 0.4) is 0 Å². The number of aliphatic imine (C=N–C) groups is 1. The van der Waals surface area contributed by atoms with Crippen molar-refractivity contribution in [2.75, 3.05) is 6.54 Å². The van der Waals surface area contributed by atoms with Crippen molar-refractivity contribution in [2.24, 2.45) is 4.99 Å². The van der Waals surface area contributed by atoms with Gasteiger partial charge in [-0.3, -0.25) is 4.99 Å². The zero-order valence-electron chi connectivity index (χ0n) is 7.44. The smallest absolute Gasteiger partial charge is 0.0970 e. The maximum Gasteiger partial charge on any atom is 0.0970 e. The van der Waals surface area contributed by atoms with Gasteiger partial charge in [0, 0.05) is 6.54 Å². The molecular weight excluding hydrogens is 124 g/mol. The van der Waals surface area contributed by atoms with Crippen molar-refractivity contribution in [1.82, 2.24) is 5.32 Å². The van der Waals surface area contributed by atoms with Gasteiger partial charge in [0.05, 0.1) is 5.84 Å². The molecule has 2 heteroatoms. The third kappa shape index (κ3) is 10.2. The number of hydrogen-bond donors (Lipinski definition) is 1. The maximum atomic E-state index is 4.05. The zero-order valence-corrected chi connectivity index (χ0v) is 7.44. The van der Waals surface area contributed by atoms with Gasteiger partial charge in [0.1, 0.15) is 0 Å². The van der Waals surface area contributed by atoms with E-state index in [4.69, 9.17) is 0 Å². The monoisotopic (exact) mass is 142 g/mol. The van der Waals surface area contributed by atoms with E-state index in [0.717, 1.165) is 12.4 Å². The average Bonchev–Trinajstić information content (AvgIpc) is 1.93. The van der Waals surface area contributed by atoms with E-state index in [1.807, 2.05) is 27.7 Å². The molecular formula is C8H18N2. The quantitative estimate of drug-likeness (QED) is 0.464. The van der Waals surface area contributed by atoms with Crippen molar-refractivity contribution in [2.45, 2.75) is 27.7 Å². The largest absolute Gasteiger partial charge is 0.351 e. The molecule has 0 radical (unpaired) electrons. The maximum absolute atomic E-state index is 4.05. The van der Waals surface area contributed by atoms with E-state index in [-0.39, 0.29) is 0 Å². The van der Waals surface area contributed by atoms with Gasteiger partial charge in [0.15, 0.2) is 0 Å². The second kappa shape index (κ2) is 11.1. The van der Waals surface area contributed by atoms with Crippen molar-refractivity contribution >= 4 is 5.84 Å². The molecule has 0 aromatic heterocycles. The van der Waals surface area contributed by atoms with Crippen LogP contribution < -0.4 is 5.32 Å². The summed E-state index contributed by atoms with van der Waals surface area (Å²) in [5.74, 6) is 0.919. The molecule has 0 bridgehead atoms. The lowest BCUT2D eigenvalue weighted by Crippen LogP contribution is -2.12. The summed E-state index contributed by atoms with van der Waals surface area (Å²) in [5, 5.41) is 2.86. The number of hydrogen-bond acceptors (Lipinski definition) is 1. The molecule has 1 N–H and O–H groups in total. The summed E-state index contributed by atoms with van der Waals surface area (Å²) in [4.78, 5) is 4.05. The van der Waals surface area contributed by atoms with Crippen molar-refractivity contribution in [3.63, 3.8) is 0 Å². The van der Waals surface area contributed by atoms with Crippen LogP contribution in [0.15, 0.2) is 17.8 Å². The summed E-state index contributed by atoms with van der Waals surface area (Å²) in [6.45, 7) is 12.2. The van der Waals surface area contributed by atoms with Gasteiger partial charge in [-0.2, -0.15) is 0 Å². The fourth-order valence-corrected chi connectivity index (χ4v) is 0.431. The molecule has 0 amide bonds. The third-order valence-corrected chi connectivity index (χ3v) is 0.706. The predicted molar refractivity (Wildman–Crippen MR) is 48.3 cm³/mol. The van der Waals surface area contributed by atoms with E-state index >= 15 is 0 Å². The molecule has 0 unspecified atom stereocenters. The van der Waals surface area contributed by atoms with Gasteiger partial charge in [-0.1, -0.05) is 20.4 Å². The Kier molecular flexibility index (Phi) is 13.2. The molecule has 0 saturated heterocycles. The minimum atomic E-state index is 0.826. The van der Waals surface area contributed by atoms with E-state index in [2.05, 4.69) is 16.9 Å². The Labute approximate surface area is 64.1 Å². The lowest BCUT2D eigenvalue weighted by molar-refractivity contribution is 1.09. The predicted octanol–water partition coefficient (Wildman–Crippen LogP) is 2.18. The molecule has 60 valence electrons. The highest BCUT2D eigenvalue weighted by molar-refractivity contribution is 5.80. The Hall–Kier alpha value is -0.790. The molecule has 0 aromatic rings. The summed E-state index contributed by atoms with van der Waals surface area (Å²) in [7, 11) is 0. The Bertz CT molecular complexity index is 95.4. The molecule has 0 aliphatic rings. The molecule has 0 heterocycles. The molecule has 0 spiro atoms. The number of amidine groups is 1. The van der Waals surface area contributed by atoms with Gasteiger partial charge in [-0.15, -0.1) is 0 Å². The summed E-state index contributed by atoms with van der Waals surface area (Å²) in [6, 6.07) is 0. The van der Waals surface area contributed by atoms with E-state index in [1.165, 1.54) is 0 Å². The first kappa shape index (κ1) is 11.9. The van der Waals surface area contributed by atoms with Crippen LogP contribution in [0.2, 0.25) is 0 Å². The standard InChI is InChI=1S/C6H12N2.C2H6/c1-4-7-6(3)8-5-2;1-2/h4H,1,5H2,2-3H3,(H,7,8);1-2H3. The van der Waals surface area contributed by atoms with E-state index in [0.29, 0.717) is 0 Å². The van der Waals surface area contributed by atoms with E-state index < -0.39 is 0 Å². The Morgan fingerprint density at radius 1 is 1.60 bits per heavy atom. The fraction of sp³-hybridized carbons (Fsp3) is 0.625. The van der Waals surface area contributed by atoms with Crippen LogP contribution in [-0.4, -0.2) is 12.4 Å². The van der Waals surface area contributed by atoms with Crippen LogP contribution in [-0.2, 0) is 0 Å². The van der Waals surface area contributed by atoms with Gasteiger partial charge in [-0.05, 0) is 20.0 Å². The van der Waals surface area contributed by atoms with E-state index in [9.17, 15) is 0 Å².